The van der Waals surface area contributed by atoms with Crippen molar-refractivity contribution in [1.82, 2.24) is 5.32 Å². The Bertz CT molecular complexity index is 218. The molecule has 0 saturated heterocycles. The van der Waals surface area contributed by atoms with Gasteiger partial charge in [0.05, 0.1) is 12.6 Å². The van der Waals surface area contributed by atoms with E-state index in [1.54, 1.807) is 0 Å². The highest BCUT2D eigenvalue weighted by molar-refractivity contribution is 5.83. The molecule has 0 fully saturated rings. The van der Waals surface area contributed by atoms with E-state index >= 15 is 0 Å². The number of hydrogen-bond acceptors (Lipinski definition) is 5. The molecule has 6 nitrogen and oxygen atoms in total. The molecule has 6 heteroatoms. The fourth-order valence-electron chi connectivity index (χ4n) is 1.02. The SMILES string of the molecule is NC/C=C(\CO)NC(=O)C(N)CCCN. The topological polar surface area (TPSA) is 127 Å². The molecule has 88 valence electrons. The third-order valence-corrected chi connectivity index (χ3v) is 1.87. The van der Waals surface area contributed by atoms with Crippen LogP contribution >= 0.6 is 0 Å². The molecule has 0 aromatic heterocycles. The number of carbonyl (C=O) groups is 1. The Kier molecular flexibility index (Phi) is 7.84. The lowest BCUT2D eigenvalue weighted by Crippen LogP contribution is -2.41. The Morgan fingerprint density at radius 2 is 2.13 bits per heavy atom. The number of aliphatic hydroxyl groups is 1. The quantitative estimate of drug-likeness (QED) is 0.336. The molecular formula is C9H20N4O2. The molecule has 0 aliphatic rings. The van der Waals surface area contributed by atoms with Crippen LogP contribution in [-0.2, 0) is 4.79 Å². The number of amides is 1. The number of carbonyl (C=O) groups excluding carboxylic acids is 1. The fourth-order valence-corrected chi connectivity index (χ4v) is 1.02. The van der Waals surface area contributed by atoms with Gasteiger partial charge in [0, 0.05) is 12.2 Å². The van der Waals surface area contributed by atoms with Crippen LogP contribution in [0.3, 0.4) is 0 Å². The third-order valence-electron chi connectivity index (χ3n) is 1.87. The summed E-state index contributed by atoms with van der Waals surface area (Å²) in [6.07, 6.45) is 2.76. The predicted molar refractivity (Wildman–Crippen MR) is 58.6 cm³/mol. The van der Waals surface area contributed by atoms with Gasteiger partial charge in [0.25, 0.3) is 0 Å². The van der Waals surface area contributed by atoms with Crippen LogP contribution in [0.1, 0.15) is 12.8 Å². The number of nitrogens with one attached hydrogen (secondary N) is 1. The van der Waals surface area contributed by atoms with Crippen LogP contribution in [0.2, 0.25) is 0 Å². The number of aliphatic hydroxyl groups excluding tert-OH is 1. The highest BCUT2D eigenvalue weighted by atomic mass is 16.3. The first-order chi connectivity index (χ1) is 7.15. The van der Waals surface area contributed by atoms with Gasteiger partial charge in [-0.2, -0.15) is 0 Å². The van der Waals surface area contributed by atoms with Crippen molar-refractivity contribution in [3.8, 4) is 0 Å². The van der Waals surface area contributed by atoms with Crippen LogP contribution in [0.4, 0.5) is 0 Å². The molecule has 15 heavy (non-hydrogen) atoms. The zero-order valence-electron chi connectivity index (χ0n) is 8.78. The van der Waals surface area contributed by atoms with Crippen LogP contribution in [0.15, 0.2) is 11.8 Å². The molecule has 0 aromatic rings. The molecule has 1 amide bonds. The third kappa shape index (κ3) is 6.19. The molecular weight excluding hydrogens is 196 g/mol. The molecule has 0 aliphatic heterocycles. The Morgan fingerprint density at radius 3 is 2.60 bits per heavy atom. The summed E-state index contributed by atoms with van der Waals surface area (Å²) in [6, 6.07) is -0.596. The van der Waals surface area contributed by atoms with Crippen molar-refractivity contribution in [2.24, 2.45) is 17.2 Å². The molecule has 0 bridgehead atoms. The molecule has 0 heterocycles. The summed E-state index contributed by atoms with van der Waals surface area (Å²) in [4.78, 5) is 11.4. The second-order valence-corrected chi connectivity index (χ2v) is 3.15. The van der Waals surface area contributed by atoms with Crippen molar-refractivity contribution in [1.29, 1.82) is 0 Å². The first-order valence-corrected chi connectivity index (χ1v) is 4.92. The standard InChI is InChI=1S/C9H20N4O2/c10-4-1-2-8(12)9(15)13-7(6-14)3-5-11/h3,8,14H,1-2,4-6,10-12H2,(H,13,15)/b7-3+. The zero-order chi connectivity index (χ0) is 11.7. The van der Waals surface area contributed by atoms with Gasteiger partial charge in [-0.25, -0.2) is 0 Å². The number of nitrogens with two attached hydrogens (primary N) is 3. The molecule has 8 N–H and O–H groups in total. The average molecular weight is 216 g/mol. The maximum absolute atomic E-state index is 11.4. The molecule has 0 aromatic carbocycles. The van der Waals surface area contributed by atoms with Gasteiger partial charge >= 0.3 is 0 Å². The van der Waals surface area contributed by atoms with E-state index in [4.69, 9.17) is 22.3 Å². The van der Waals surface area contributed by atoms with Crippen molar-refractivity contribution in [3.05, 3.63) is 11.8 Å². The Hall–Kier alpha value is -0.950. The smallest absolute Gasteiger partial charge is 0.241 e. The molecule has 0 rings (SSSR count). The van der Waals surface area contributed by atoms with Gasteiger partial charge in [-0.1, -0.05) is 0 Å². The van der Waals surface area contributed by atoms with E-state index in [-0.39, 0.29) is 19.1 Å². The maximum Gasteiger partial charge on any atom is 0.241 e. The average Bonchev–Trinajstić information content (AvgIpc) is 2.24. The van der Waals surface area contributed by atoms with Gasteiger partial charge in [0.2, 0.25) is 5.91 Å². The Labute approximate surface area is 89.5 Å². The first kappa shape index (κ1) is 14.1. The minimum Gasteiger partial charge on any atom is -0.390 e. The lowest BCUT2D eigenvalue weighted by molar-refractivity contribution is -0.121. The molecule has 0 spiro atoms. The normalized spacial score (nSPS) is 13.7. The first-order valence-electron chi connectivity index (χ1n) is 4.92. The molecule has 1 unspecified atom stereocenters. The Balaban J connectivity index is 4.04. The molecule has 0 saturated carbocycles. The van der Waals surface area contributed by atoms with Crippen LogP contribution in [-0.4, -0.2) is 36.8 Å². The summed E-state index contributed by atoms with van der Waals surface area (Å²) in [6.45, 7) is 0.507. The summed E-state index contributed by atoms with van der Waals surface area (Å²) >= 11 is 0. The van der Waals surface area contributed by atoms with Crippen molar-refractivity contribution >= 4 is 5.91 Å². The van der Waals surface area contributed by atoms with Gasteiger partial charge in [-0.05, 0) is 25.5 Å². The van der Waals surface area contributed by atoms with Gasteiger partial charge < -0.3 is 27.6 Å². The van der Waals surface area contributed by atoms with E-state index in [0.717, 1.165) is 0 Å². The van der Waals surface area contributed by atoms with Crippen LogP contribution in [0.25, 0.3) is 0 Å². The minimum absolute atomic E-state index is 0.257. The maximum atomic E-state index is 11.4. The summed E-state index contributed by atoms with van der Waals surface area (Å²) in [7, 11) is 0. The van der Waals surface area contributed by atoms with E-state index in [0.29, 0.717) is 25.1 Å². The lowest BCUT2D eigenvalue weighted by atomic mass is 10.1. The molecule has 0 radical (unpaired) electrons. The lowest BCUT2D eigenvalue weighted by Gasteiger charge is -2.12. The molecule has 0 aliphatic carbocycles. The van der Waals surface area contributed by atoms with Gasteiger partial charge in [0.1, 0.15) is 0 Å². The largest absolute Gasteiger partial charge is 0.390 e. The van der Waals surface area contributed by atoms with Gasteiger partial charge in [-0.3, -0.25) is 4.79 Å². The van der Waals surface area contributed by atoms with E-state index in [1.807, 2.05) is 0 Å². The van der Waals surface area contributed by atoms with Crippen LogP contribution in [0, 0.1) is 0 Å². The summed E-state index contributed by atoms with van der Waals surface area (Å²) in [5.41, 5.74) is 16.5. The van der Waals surface area contributed by atoms with Crippen LogP contribution < -0.4 is 22.5 Å². The van der Waals surface area contributed by atoms with Crippen LogP contribution in [0.5, 0.6) is 0 Å². The summed E-state index contributed by atoms with van der Waals surface area (Å²) < 4.78 is 0. The summed E-state index contributed by atoms with van der Waals surface area (Å²) in [5, 5.41) is 11.4. The second kappa shape index (κ2) is 8.37. The van der Waals surface area contributed by atoms with Gasteiger partial charge in [-0.15, -0.1) is 0 Å². The number of rotatable bonds is 7. The van der Waals surface area contributed by atoms with E-state index in [9.17, 15) is 4.79 Å². The fraction of sp³-hybridized carbons (Fsp3) is 0.667. The number of hydrogen-bond donors (Lipinski definition) is 5. The van der Waals surface area contributed by atoms with Crippen molar-refractivity contribution in [3.63, 3.8) is 0 Å². The van der Waals surface area contributed by atoms with E-state index < -0.39 is 6.04 Å². The zero-order valence-corrected chi connectivity index (χ0v) is 8.78. The highest BCUT2D eigenvalue weighted by Crippen LogP contribution is 1.95. The second-order valence-electron chi connectivity index (χ2n) is 3.15. The minimum atomic E-state index is -0.596. The van der Waals surface area contributed by atoms with E-state index in [1.165, 1.54) is 6.08 Å². The monoisotopic (exact) mass is 216 g/mol. The molecule has 1 atom stereocenters. The van der Waals surface area contributed by atoms with Crippen molar-refractivity contribution < 1.29 is 9.90 Å². The van der Waals surface area contributed by atoms with E-state index in [2.05, 4.69) is 5.32 Å². The van der Waals surface area contributed by atoms with Crippen molar-refractivity contribution in [2.45, 2.75) is 18.9 Å². The predicted octanol–water partition coefficient (Wildman–Crippen LogP) is -2.00. The summed E-state index contributed by atoms with van der Waals surface area (Å²) in [5.74, 6) is -0.322. The Morgan fingerprint density at radius 1 is 1.47 bits per heavy atom. The van der Waals surface area contributed by atoms with Crippen molar-refractivity contribution in [2.75, 3.05) is 19.7 Å². The van der Waals surface area contributed by atoms with Gasteiger partial charge in [0.15, 0.2) is 0 Å². The highest BCUT2D eigenvalue weighted by Gasteiger charge is 2.13.